The van der Waals surface area contributed by atoms with E-state index in [9.17, 15) is 19.3 Å². The van der Waals surface area contributed by atoms with Crippen LogP contribution in [0.1, 0.15) is 65.7 Å². The van der Waals surface area contributed by atoms with Gasteiger partial charge in [-0.05, 0) is 70.7 Å². The second-order valence-corrected chi connectivity index (χ2v) is 15.5. The van der Waals surface area contributed by atoms with Crippen molar-refractivity contribution in [3.63, 3.8) is 0 Å². The van der Waals surface area contributed by atoms with Gasteiger partial charge in [0, 0.05) is 21.0 Å². The van der Waals surface area contributed by atoms with Crippen LogP contribution in [0.5, 0.6) is 0 Å². The summed E-state index contributed by atoms with van der Waals surface area (Å²) >= 11 is 0. The molecule has 9 nitrogen and oxygen atoms in total. The van der Waals surface area contributed by atoms with Gasteiger partial charge in [0.2, 0.25) is 11.8 Å². The van der Waals surface area contributed by atoms with E-state index in [0.29, 0.717) is 32.1 Å². The zero-order valence-electron chi connectivity index (χ0n) is 21.2. The predicted molar refractivity (Wildman–Crippen MR) is 140 cm³/mol. The highest BCUT2D eigenvalue weighted by atomic mass is 32.1. The molecule has 35 heavy (non-hydrogen) atoms. The molecule has 3 rings (SSSR count). The van der Waals surface area contributed by atoms with Crippen molar-refractivity contribution >= 4 is 34.0 Å². The number of nitrogens with two attached hydrogens (primary N) is 1. The molecule has 1 aliphatic heterocycles. The Hall–Kier alpha value is -1.27. The van der Waals surface area contributed by atoms with Crippen LogP contribution in [0.25, 0.3) is 0 Å². The van der Waals surface area contributed by atoms with Gasteiger partial charge in [-0.2, -0.15) is 0 Å². The topological polar surface area (TPSA) is 134 Å². The summed E-state index contributed by atoms with van der Waals surface area (Å²) in [4.78, 5) is 51.4. The number of ether oxygens (including phenoxy) is 1. The summed E-state index contributed by atoms with van der Waals surface area (Å²) < 4.78 is 5.54. The van der Waals surface area contributed by atoms with Crippen LogP contribution in [0.4, 0.5) is 4.79 Å². The van der Waals surface area contributed by atoms with E-state index in [0.717, 1.165) is 32.1 Å². The summed E-state index contributed by atoms with van der Waals surface area (Å²) in [5.74, 6) is -0.371. The van der Waals surface area contributed by atoms with Gasteiger partial charge in [-0.1, -0.05) is 26.8 Å². The highest BCUT2D eigenvalue weighted by Gasteiger charge is 2.59. The number of carbonyl (C=O) groups excluding carboxylic acids is 3. The molecule has 0 radical (unpaired) electrons. The highest BCUT2D eigenvalue weighted by Crippen LogP contribution is 2.73. The Kier molecular flexibility index (Phi) is 9.58. The Bertz CT molecular complexity index is 801. The molecule has 2 aliphatic carbocycles. The van der Waals surface area contributed by atoms with Gasteiger partial charge in [0.1, 0.15) is 18.2 Å². The van der Waals surface area contributed by atoms with Gasteiger partial charge < -0.3 is 30.9 Å². The van der Waals surface area contributed by atoms with Gasteiger partial charge in [-0.15, -0.1) is 6.58 Å². The normalized spacial score (nSPS) is 28.7. The van der Waals surface area contributed by atoms with Crippen molar-refractivity contribution in [1.82, 2.24) is 15.5 Å². The fourth-order valence-electron chi connectivity index (χ4n) is 5.27. The maximum atomic E-state index is 13.7. The first-order valence-electron chi connectivity index (χ1n) is 12.7. The molecule has 11 heteroatoms. The lowest BCUT2D eigenvalue weighted by atomic mass is 9.85. The average Bonchev–Trinajstić information content (AvgIpc) is 3.16. The number of hydrogen-bond acceptors (Lipinski definition) is 6. The number of rotatable bonds is 10. The summed E-state index contributed by atoms with van der Waals surface area (Å²) in [5.41, 5.74) is 5.21. The number of nitrogens with one attached hydrogen (secondary N) is 2. The Morgan fingerprint density at radius 2 is 1.97 bits per heavy atom. The summed E-state index contributed by atoms with van der Waals surface area (Å²) in [6.07, 6.45) is 7.63. The Morgan fingerprint density at radius 1 is 1.29 bits per heavy atom. The first-order valence-corrected chi connectivity index (χ1v) is 16.0. The first kappa shape index (κ1) is 28.3. The zero-order valence-corrected chi connectivity index (χ0v) is 23.1. The predicted octanol–water partition coefficient (Wildman–Crippen LogP) is 3.02. The van der Waals surface area contributed by atoms with E-state index in [4.69, 9.17) is 10.5 Å². The summed E-state index contributed by atoms with van der Waals surface area (Å²) in [6.45, 7) is 10.5. The molecule has 3 amide bonds. The van der Waals surface area contributed by atoms with Crippen LogP contribution in [-0.4, -0.2) is 70.4 Å². The summed E-state index contributed by atoms with van der Waals surface area (Å²) in [5, 5.41) is 5.51. The lowest BCUT2D eigenvalue weighted by Gasteiger charge is -2.36. The zero-order chi connectivity index (χ0) is 25.8. The third kappa shape index (κ3) is 6.54. The minimum absolute atomic E-state index is 0.0979. The number of nitrogens with zero attached hydrogens (tertiary/aromatic N) is 1. The number of alkyl carbamates (subject to hydrolysis) is 1. The molecule has 0 spiro atoms. The standard InChI is InChI=1S/C24H42N4O5P2/c1-5-16-15-24(16,35(34-32)14-12-25)27-20(29)18-11-8-13-28(18)21(30)19(23(2,3)4)26-22(31)33-17-9-6-7-10-17/h5,16-19,32,34H,1,6-15,25H2,2-4H3,(H,26,31)(H,27,29)/t16?,18-,19?,24-,35?/m0/s1. The lowest BCUT2D eigenvalue weighted by molar-refractivity contribution is -0.142. The summed E-state index contributed by atoms with van der Waals surface area (Å²) in [6, 6.07) is -1.42. The molecular weight excluding hydrogens is 486 g/mol. The monoisotopic (exact) mass is 528 g/mol. The summed E-state index contributed by atoms with van der Waals surface area (Å²) in [7, 11) is -1.16. The molecule has 5 N–H and O–H groups in total. The second-order valence-electron chi connectivity index (χ2n) is 10.9. The Balaban J connectivity index is 1.71. The van der Waals surface area contributed by atoms with Crippen LogP contribution in [0.3, 0.4) is 0 Å². The molecule has 4 unspecified atom stereocenters. The van der Waals surface area contributed by atoms with E-state index in [1.807, 2.05) is 26.8 Å². The van der Waals surface area contributed by atoms with Gasteiger partial charge in [-0.25, -0.2) is 4.79 Å². The van der Waals surface area contributed by atoms with E-state index in [-0.39, 0.29) is 32.3 Å². The largest absolute Gasteiger partial charge is 0.446 e. The maximum Gasteiger partial charge on any atom is 0.408 e. The van der Waals surface area contributed by atoms with Crippen LogP contribution in [-0.2, 0) is 14.3 Å². The smallest absolute Gasteiger partial charge is 0.408 e. The van der Waals surface area contributed by atoms with Crippen LogP contribution in [0, 0.1) is 11.3 Å². The molecule has 6 atom stereocenters. The first-order chi connectivity index (χ1) is 16.6. The molecule has 3 fully saturated rings. The van der Waals surface area contributed by atoms with Crippen molar-refractivity contribution in [3.05, 3.63) is 12.7 Å². The van der Waals surface area contributed by atoms with Gasteiger partial charge >= 0.3 is 6.09 Å². The van der Waals surface area contributed by atoms with E-state index in [1.165, 1.54) is 0 Å². The fraction of sp³-hybridized carbons (Fsp3) is 0.792. The van der Waals surface area contributed by atoms with Crippen molar-refractivity contribution in [2.45, 2.75) is 89.2 Å². The molecule has 0 aromatic carbocycles. The molecule has 0 aromatic heterocycles. The molecule has 198 valence electrons. The Labute approximate surface area is 211 Å². The quantitative estimate of drug-likeness (QED) is 0.254. The van der Waals surface area contributed by atoms with Crippen LogP contribution in [0.15, 0.2) is 12.7 Å². The van der Waals surface area contributed by atoms with Gasteiger partial charge in [-0.3, -0.25) is 9.59 Å². The van der Waals surface area contributed by atoms with Gasteiger partial charge in [0.05, 0.1) is 5.28 Å². The maximum absolute atomic E-state index is 13.7. The second kappa shape index (κ2) is 11.9. The van der Waals surface area contributed by atoms with E-state index >= 15 is 0 Å². The van der Waals surface area contributed by atoms with Crippen LogP contribution >= 0.6 is 16.1 Å². The Morgan fingerprint density at radius 3 is 2.51 bits per heavy atom. The van der Waals surface area contributed by atoms with Crippen molar-refractivity contribution in [2.24, 2.45) is 17.1 Å². The number of amides is 3. The van der Waals surface area contributed by atoms with Crippen molar-refractivity contribution in [3.8, 4) is 0 Å². The molecule has 3 aliphatic rings. The molecule has 1 saturated heterocycles. The number of hydrogen-bond donors (Lipinski definition) is 4. The van der Waals surface area contributed by atoms with Crippen LogP contribution in [0.2, 0.25) is 0 Å². The van der Waals surface area contributed by atoms with Crippen molar-refractivity contribution < 1.29 is 24.0 Å². The third-order valence-electron chi connectivity index (χ3n) is 7.35. The van der Waals surface area contributed by atoms with E-state index in [1.54, 1.807) is 4.90 Å². The van der Waals surface area contributed by atoms with Crippen LogP contribution < -0.4 is 16.4 Å². The number of likely N-dealkylation sites (tertiary alicyclic amines) is 1. The molecule has 2 saturated carbocycles. The molecule has 0 aromatic rings. The van der Waals surface area contributed by atoms with Gasteiger partial charge in [0.25, 0.3) is 0 Å². The average molecular weight is 529 g/mol. The molecular formula is C24H42N4O5P2. The van der Waals surface area contributed by atoms with E-state index in [2.05, 4.69) is 17.2 Å². The van der Waals surface area contributed by atoms with Gasteiger partial charge in [0.15, 0.2) is 0 Å². The number of carbonyl (C=O) groups is 3. The minimum Gasteiger partial charge on any atom is -0.446 e. The molecule has 1 heterocycles. The third-order valence-corrected chi connectivity index (χ3v) is 12.5. The van der Waals surface area contributed by atoms with Crippen molar-refractivity contribution in [2.75, 3.05) is 19.3 Å². The minimum atomic E-state index is -0.884. The lowest BCUT2D eigenvalue weighted by Crippen LogP contribution is -2.58. The fourth-order valence-corrected chi connectivity index (χ4v) is 9.53. The SMILES string of the molecule is C=CC1C[C@]1(NC(=O)[C@@H]1CCCN1C(=O)C(NC(=O)OC1CCCC1)C(C)(C)C)P(CCN)PO. The van der Waals surface area contributed by atoms with E-state index < -0.39 is 36.5 Å². The molecule has 0 bridgehead atoms. The highest BCUT2D eigenvalue weighted by molar-refractivity contribution is 8.20. The van der Waals surface area contributed by atoms with Crippen molar-refractivity contribution in [1.29, 1.82) is 0 Å².